The van der Waals surface area contributed by atoms with E-state index in [0.29, 0.717) is 17.5 Å². The minimum atomic E-state index is 0.0701. The standard InChI is InChI=1S/C14H23N3O2/c1-10(2)19-14-12(15)3-4-13(17-14)16-7-5-11-6-8-18-9-11/h3-4,10-11H,5-9,15H2,1-2H3,(H,16,17). The maximum Gasteiger partial charge on any atom is 0.239 e. The first-order valence-electron chi connectivity index (χ1n) is 6.90. The van der Waals surface area contributed by atoms with Crippen LogP contribution >= 0.6 is 0 Å². The first-order valence-corrected chi connectivity index (χ1v) is 6.90. The second-order valence-electron chi connectivity index (χ2n) is 5.20. The number of rotatable bonds is 6. The van der Waals surface area contributed by atoms with E-state index in [1.165, 1.54) is 6.42 Å². The van der Waals surface area contributed by atoms with Gasteiger partial charge in [0, 0.05) is 19.8 Å². The maximum absolute atomic E-state index is 5.83. The van der Waals surface area contributed by atoms with Crippen LogP contribution in [0.25, 0.3) is 0 Å². The van der Waals surface area contributed by atoms with Gasteiger partial charge in [-0.2, -0.15) is 4.98 Å². The lowest BCUT2D eigenvalue weighted by atomic mass is 10.1. The summed E-state index contributed by atoms with van der Waals surface area (Å²) in [5.74, 6) is 1.99. The molecule has 1 aromatic heterocycles. The highest BCUT2D eigenvalue weighted by atomic mass is 16.5. The number of anilines is 2. The average molecular weight is 265 g/mol. The highest BCUT2D eigenvalue weighted by molar-refractivity contribution is 5.53. The fourth-order valence-electron chi connectivity index (χ4n) is 2.08. The van der Waals surface area contributed by atoms with E-state index in [0.717, 1.165) is 32.0 Å². The molecule has 106 valence electrons. The predicted octanol–water partition coefficient (Wildman–Crippen LogP) is 2.29. The van der Waals surface area contributed by atoms with Gasteiger partial charge < -0.3 is 20.5 Å². The molecular weight excluding hydrogens is 242 g/mol. The molecule has 0 saturated carbocycles. The number of hydrogen-bond acceptors (Lipinski definition) is 5. The Morgan fingerprint density at radius 1 is 1.53 bits per heavy atom. The quantitative estimate of drug-likeness (QED) is 0.826. The number of aromatic nitrogens is 1. The van der Waals surface area contributed by atoms with Gasteiger partial charge in [0.15, 0.2) is 0 Å². The molecule has 1 fully saturated rings. The normalized spacial score (nSPS) is 18.8. The molecule has 1 saturated heterocycles. The Hall–Kier alpha value is -1.49. The molecule has 1 atom stereocenters. The minimum Gasteiger partial charge on any atom is -0.473 e. The Balaban J connectivity index is 1.85. The van der Waals surface area contributed by atoms with Gasteiger partial charge in [0.1, 0.15) is 5.82 Å². The van der Waals surface area contributed by atoms with Crippen LogP contribution in [0.3, 0.4) is 0 Å². The van der Waals surface area contributed by atoms with Gasteiger partial charge in [0.25, 0.3) is 0 Å². The van der Waals surface area contributed by atoms with Crippen molar-refractivity contribution < 1.29 is 9.47 Å². The van der Waals surface area contributed by atoms with Crippen LogP contribution in [0.5, 0.6) is 5.88 Å². The molecule has 0 aliphatic carbocycles. The Labute approximate surface area is 114 Å². The smallest absolute Gasteiger partial charge is 0.239 e. The van der Waals surface area contributed by atoms with Crippen molar-refractivity contribution in [3.8, 4) is 5.88 Å². The molecule has 0 aromatic carbocycles. The zero-order valence-corrected chi connectivity index (χ0v) is 11.7. The number of nitrogens with one attached hydrogen (secondary N) is 1. The average Bonchev–Trinajstić information content (AvgIpc) is 2.86. The van der Waals surface area contributed by atoms with Crippen molar-refractivity contribution in [1.82, 2.24) is 4.98 Å². The predicted molar refractivity (Wildman–Crippen MR) is 76.4 cm³/mol. The number of ether oxygens (including phenoxy) is 2. The van der Waals surface area contributed by atoms with Crippen LogP contribution in [-0.4, -0.2) is 30.8 Å². The zero-order chi connectivity index (χ0) is 13.7. The van der Waals surface area contributed by atoms with E-state index in [4.69, 9.17) is 15.2 Å². The molecule has 1 unspecified atom stereocenters. The number of pyridine rings is 1. The van der Waals surface area contributed by atoms with Crippen molar-refractivity contribution >= 4 is 11.5 Å². The number of nitrogens with zero attached hydrogens (tertiary/aromatic N) is 1. The summed E-state index contributed by atoms with van der Waals surface area (Å²) < 4.78 is 10.9. The van der Waals surface area contributed by atoms with Gasteiger partial charge in [0.2, 0.25) is 5.88 Å². The molecule has 1 aliphatic rings. The highest BCUT2D eigenvalue weighted by Gasteiger charge is 2.15. The molecule has 3 N–H and O–H groups in total. The van der Waals surface area contributed by atoms with Crippen LogP contribution in [0, 0.1) is 5.92 Å². The molecule has 0 amide bonds. The summed E-state index contributed by atoms with van der Waals surface area (Å²) in [5, 5.41) is 3.31. The van der Waals surface area contributed by atoms with E-state index in [9.17, 15) is 0 Å². The Morgan fingerprint density at radius 2 is 2.37 bits per heavy atom. The zero-order valence-electron chi connectivity index (χ0n) is 11.7. The molecule has 2 heterocycles. The van der Waals surface area contributed by atoms with Crippen molar-refractivity contribution in [2.75, 3.05) is 30.8 Å². The largest absolute Gasteiger partial charge is 0.473 e. The number of nitrogen functional groups attached to an aromatic ring is 1. The molecule has 5 heteroatoms. The van der Waals surface area contributed by atoms with Crippen molar-refractivity contribution in [3.05, 3.63) is 12.1 Å². The molecule has 1 aliphatic heterocycles. The molecular formula is C14H23N3O2. The van der Waals surface area contributed by atoms with Crippen molar-refractivity contribution in [2.24, 2.45) is 5.92 Å². The number of nitrogens with two attached hydrogens (primary N) is 1. The lowest BCUT2D eigenvalue weighted by Gasteiger charge is -2.13. The van der Waals surface area contributed by atoms with Gasteiger partial charge in [0.05, 0.1) is 11.8 Å². The Bertz CT molecular complexity index is 404. The monoisotopic (exact) mass is 265 g/mol. The topological polar surface area (TPSA) is 69.4 Å². The van der Waals surface area contributed by atoms with Crippen molar-refractivity contribution in [1.29, 1.82) is 0 Å². The van der Waals surface area contributed by atoms with Crippen molar-refractivity contribution in [3.63, 3.8) is 0 Å². The van der Waals surface area contributed by atoms with Gasteiger partial charge in [-0.1, -0.05) is 0 Å². The van der Waals surface area contributed by atoms with Gasteiger partial charge in [-0.15, -0.1) is 0 Å². The molecule has 0 radical (unpaired) electrons. The summed E-state index contributed by atoms with van der Waals surface area (Å²) in [6.45, 7) is 6.60. The lowest BCUT2D eigenvalue weighted by Crippen LogP contribution is -2.12. The van der Waals surface area contributed by atoms with Gasteiger partial charge in [-0.25, -0.2) is 0 Å². The minimum absolute atomic E-state index is 0.0701. The summed E-state index contributed by atoms with van der Waals surface area (Å²) in [6, 6.07) is 3.71. The van der Waals surface area contributed by atoms with Gasteiger partial charge >= 0.3 is 0 Å². The van der Waals surface area contributed by atoms with E-state index in [1.807, 2.05) is 26.0 Å². The Morgan fingerprint density at radius 3 is 3.05 bits per heavy atom. The molecule has 5 nitrogen and oxygen atoms in total. The third-order valence-electron chi connectivity index (χ3n) is 3.12. The first kappa shape index (κ1) is 13.9. The Kier molecular flexibility index (Phi) is 4.85. The van der Waals surface area contributed by atoms with Gasteiger partial charge in [-0.3, -0.25) is 0 Å². The second kappa shape index (κ2) is 6.61. The van der Waals surface area contributed by atoms with Crippen LogP contribution in [-0.2, 0) is 4.74 Å². The van der Waals surface area contributed by atoms with E-state index in [-0.39, 0.29) is 6.10 Å². The molecule has 19 heavy (non-hydrogen) atoms. The van der Waals surface area contributed by atoms with Gasteiger partial charge in [-0.05, 0) is 44.7 Å². The first-order chi connectivity index (χ1) is 9.15. The second-order valence-corrected chi connectivity index (χ2v) is 5.20. The van der Waals surface area contributed by atoms with Crippen LogP contribution in [0.4, 0.5) is 11.5 Å². The number of hydrogen-bond donors (Lipinski definition) is 2. The van der Waals surface area contributed by atoms with E-state index in [2.05, 4.69) is 10.3 Å². The molecule has 1 aromatic rings. The van der Waals surface area contributed by atoms with E-state index >= 15 is 0 Å². The third kappa shape index (κ3) is 4.28. The fraction of sp³-hybridized carbons (Fsp3) is 0.643. The summed E-state index contributed by atoms with van der Waals surface area (Å²) >= 11 is 0. The van der Waals surface area contributed by atoms with Crippen LogP contribution in [0.2, 0.25) is 0 Å². The van der Waals surface area contributed by atoms with Crippen LogP contribution in [0.15, 0.2) is 12.1 Å². The van der Waals surface area contributed by atoms with Crippen LogP contribution < -0.4 is 15.8 Å². The summed E-state index contributed by atoms with van der Waals surface area (Å²) in [4.78, 5) is 4.39. The summed E-state index contributed by atoms with van der Waals surface area (Å²) in [5.41, 5.74) is 6.41. The maximum atomic E-state index is 5.83. The fourth-order valence-corrected chi connectivity index (χ4v) is 2.08. The summed E-state index contributed by atoms with van der Waals surface area (Å²) in [6.07, 6.45) is 2.34. The van der Waals surface area contributed by atoms with E-state index in [1.54, 1.807) is 0 Å². The van der Waals surface area contributed by atoms with Crippen molar-refractivity contribution in [2.45, 2.75) is 32.8 Å². The molecule has 2 rings (SSSR count). The van der Waals surface area contributed by atoms with Crippen LogP contribution in [0.1, 0.15) is 26.7 Å². The third-order valence-corrected chi connectivity index (χ3v) is 3.12. The lowest BCUT2D eigenvalue weighted by molar-refractivity contribution is 0.185. The van der Waals surface area contributed by atoms with E-state index < -0.39 is 0 Å². The summed E-state index contributed by atoms with van der Waals surface area (Å²) in [7, 11) is 0. The SMILES string of the molecule is CC(C)Oc1nc(NCCC2CCOC2)ccc1N. The highest BCUT2D eigenvalue weighted by Crippen LogP contribution is 2.22. The molecule has 0 bridgehead atoms. The molecule has 0 spiro atoms.